The van der Waals surface area contributed by atoms with E-state index in [4.69, 9.17) is 15.2 Å². The molecule has 0 radical (unpaired) electrons. The number of hydrogen-bond acceptors (Lipinski definition) is 9. The van der Waals surface area contributed by atoms with Crippen LogP contribution in [0.15, 0.2) is 36.7 Å². The molecule has 1 aliphatic heterocycles. The summed E-state index contributed by atoms with van der Waals surface area (Å²) >= 11 is 0. The van der Waals surface area contributed by atoms with E-state index in [9.17, 15) is 4.79 Å². The Morgan fingerprint density at radius 2 is 2.21 bits per heavy atom. The molecule has 3 N–H and O–H groups in total. The maximum Gasteiger partial charge on any atom is 0.242 e. The van der Waals surface area contributed by atoms with Crippen molar-refractivity contribution in [2.75, 3.05) is 26.1 Å². The number of carbonyl (C=O) groups excluding carboxylic acids is 1. The zero-order valence-corrected chi connectivity index (χ0v) is 18.0. The zero-order chi connectivity index (χ0) is 22.8. The number of amides is 1. The fourth-order valence-corrected chi connectivity index (χ4v) is 3.80. The maximum atomic E-state index is 12.2. The van der Waals surface area contributed by atoms with Crippen molar-refractivity contribution in [3.8, 4) is 17.1 Å². The van der Waals surface area contributed by atoms with Crippen LogP contribution in [0.2, 0.25) is 0 Å². The molecule has 0 unspecified atom stereocenters. The van der Waals surface area contributed by atoms with Gasteiger partial charge in [-0.05, 0) is 18.6 Å². The molecule has 12 nitrogen and oxygen atoms in total. The average molecular weight is 449 g/mol. The van der Waals surface area contributed by atoms with Crippen molar-refractivity contribution in [1.29, 1.82) is 0 Å². The molecule has 0 saturated carbocycles. The Bertz CT molecular complexity index is 1290. The first kappa shape index (κ1) is 20.8. The molecule has 4 aromatic rings. The van der Waals surface area contributed by atoms with E-state index in [0.29, 0.717) is 42.4 Å². The number of hydrogen-bond donors (Lipinski definition) is 2. The summed E-state index contributed by atoms with van der Waals surface area (Å²) in [6.07, 6.45) is 4.38. The third-order valence-corrected chi connectivity index (χ3v) is 5.33. The number of methoxy groups -OCH3 is 1. The summed E-state index contributed by atoms with van der Waals surface area (Å²) in [4.78, 5) is 20.9. The number of aromatic nitrogens is 7. The number of fused-ring (bicyclic) bond motifs is 1. The van der Waals surface area contributed by atoms with Crippen LogP contribution in [0.25, 0.3) is 22.3 Å². The number of para-hydroxylation sites is 1. The van der Waals surface area contributed by atoms with Gasteiger partial charge in [-0.15, -0.1) is 5.10 Å². The van der Waals surface area contributed by atoms with E-state index in [-0.39, 0.29) is 24.4 Å². The standard InChI is InChI=1S/C21H23N9O3/c1-32-17-4-2-3-15-19(24-21(22)25-20(15)17)16-10-30(28-26-16)9-13-5-7-29(27-13)11-18(31)23-14-6-8-33-12-14/h2-5,7,10,14H,6,8-9,11-12H2,1H3,(H,23,31)(H2,22,24,25)/t14-/m1/s1. The molecule has 170 valence electrons. The van der Waals surface area contributed by atoms with Crippen molar-refractivity contribution in [3.63, 3.8) is 0 Å². The van der Waals surface area contributed by atoms with Crippen molar-refractivity contribution in [3.05, 3.63) is 42.4 Å². The van der Waals surface area contributed by atoms with Crippen molar-refractivity contribution < 1.29 is 14.3 Å². The fraction of sp³-hybridized carbons (Fsp3) is 0.333. The van der Waals surface area contributed by atoms with Gasteiger partial charge < -0.3 is 20.5 Å². The molecule has 4 heterocycles. The first-order valence-electron chi connectivity index (χ1n) is 10.5. The molecular weight excluding hydrogens is 426 g/mol. The van der Waals surface area contributed by atoms with E-state index in [1.807, 2.05) is 24.3 Å². The van der Waals surface area contributed by atoms with E-state index >= 15 is 0 Å². The molecule has 1 fully saturated rings. The minimum atomic E-state index is -0.0909. The van der Waals surface area contributed by atoms with Gasteiger partial charge in [0.05, 0.1) is 38.2 Å². The molecule has 0 bridgehead atoms. The normalized spacial score (nSPS) is 15.7. The van der Waals surface area contributed by atoms with Crippen LogP contribution in [0.3, 0.4) is 0 Å². The second-order valence-corrected chi connectivity index (χ2v) is 7.72. The lowest BCUT2D eigenvalue weighted by atomic mass is 10.1. The molecule has 3 aromatic heterocycles. The molecule has 12 heteroatoms. The number of ether oxygens (including phenoxy) is 2. The van der Waals surface area contributed by atoms with Crippen LogP contribution in [-0.2, 0) is 22.6 Å². The van der Waals surface area contributed by atoms with Crippen LogP contribution in [0.4, 0.5) is 5.95 Å². The molecule has 0 spiro atoms. The van der Waals surface area contributed by atoms with Gasteiger partial charge in [-0.1, -0.05) is 17.3 Å². The summed E-state index contributed by atoms with van der Waals surface area (Å²) in [6, 6.07) is 7.48. The summed E-state index contributed by atoms with van der Waals surface area (Å²) in [7, 11) is 1.58. The average Bonchev–Trinajstić information content (AvgIpc) is 3.56. The highest BCUT2D eigenvalue weighted by molar-refractivity contribution is 5.95. The van der Waals surface area contributed by atoms with Crippen molar-refractivity contribution in [2.45, 2.75) is 25.6 Å². The molecule has 1 amide bonds. The predicted molar refractivity (Wildman–Crippen MR) is 118 cm³/mol. The van der Waals surface area contributed by atoms with Gasteiger partial charge in [0.25, 0.3) is 0 Å². The van der Waals surface area contributed by atoms with Crippen LogP contribution in [0, 0.1) is 0 Å². The van der Waals surface area contributed by atoms with Crippen LogP contribution in [0.5, 0.6) is 5.75 Å². The topological polar surface area (TPSA) is 148 Å². The number of anilines is 1. The second-order valence-electron chi connectivity index (χ2n) is 7.72. The highest BCUT2D eigenvalue weighted by Crippen LogP contribution is 2.30. The van der Waals surface area contributed by atoms with Crippen LogP contribution in [0.1, 0.15) is 12.1 Å². The Hall–Kier alpha value is -4.06. The van der Waals surface area contributed by atoms with Gasteiger partial charge in [0.1, 0.15) is 29.2 Å². The molecule has 1 aromatic carbocycles. The Labute approximate surface area is 188 Å². The molecule has 33 heavy (non-hydrogen) atoms. The van der Waals surface area contributed by atoms with Gasteiger partial charge in [-0.2, -0.15) is 5.10 Å². The van der Waals surface area contributed by atoms with E-state index in [1.54, 1.807) is 28.9 Å². The van der Waals surface area contributed by atoms with Crippen molar-refractivity contribution >= 4 is 22.8 Å². The van der Waals surface area contributed by atoms with E-state index in [1.165, 1.54) is 0 Å². The maximum absolute atomic E-state index is 12.2. The lowest BCUT2D eigenvalue weighted by Crippen LogP contribution is -2.37. The summed E-state index contributed by atoms with van der Waals surface area (Å²) in [5.41, 5.74) is 8.41. The Morgan fingerprint density at radius 3 is 3.03 bits per heavy atom. The Balaban J connectivity index is 1.31. The first-order valence-corrected chi connectivity index (χ1v) is 10.5. The lowest BCUT2D eigenvalue weighted by Gasteiger charge is -2.10. The third-order valence-electron chi connectivity index (χ3n) is 5.33. The zero-order valence-electron chi connectivity index (χ0n) is 18.0. The van der Waals surface area contributed by atoms with Gasteiger partial charge in [0.2, 0.25) is 11.9 Å². The van der Waals surface area contributed by atoms with Crippen molar-refractivity contribution in [1.82, 2.24) is 40.1 Å². The molecule has 1 aliphatic rings. The van der Waals surface area contributed by atoms with Crippen LogP contribution < -0.4 is 15.8 Å². The van der Waals surface area contributed by atoms with Crippen LogP contribution >= 0.6 is 0 Å². The number of nitrogens with one attached hydrogen (secondary N) is 1. The summed E-state index contributed by atoms with van der Waals surface area (Å²) < 4.78 is 13.9. The largest absolute Gasteiger partial charge is 0.494 e. The predicted octanol–water partition coefficient (Wildman–Crippen LogP) is 0.629. The monoisotopic (exact) mass is 449 g/mol. The van der Waals surface area contributed by atoms with Crippen LogP contribution in [-0.4, -0.2) is 67.0 Å². The second kappa shape index (κ2) is 8.82. The summed E-state index contributed by atoms with van der Waals surface area (Å²) in [5, 5.41) is 16.6. The number of nitrogen functional groups attached to an aromatic ring is 1. The molecule has 0 aliphatic carbocycles. The SMILES string of the molecule is COc1cccc2c(-c3cn(Cc4ccn(CC(=O)N[C@@H]5CCOC5)n4)nn3)nc(N)nc12. The highest BCUT2D eigenvalue weighted by atomic mass is 16.5. The lowest BCUT2D eigenvalue weighted by molar-refractivity contribution is -0.122. The molecular formula is C21H23N9O3. The van der Waals surface area contributed by atoms with Gasteiger partial charge >= 0.3 is 0 Å². The summed E-state index contributed by atoms with van der Waals surface area (Å²) in [5.74, 6) is 0.634. The smallest absolute Gasteiger partial charge is 0.242 e. The van der Waals surface area contributed by atoms with Gasteiger partial charge in [-0.3, -0.25) is 9.48 Å². The number of nitrogens with two attached hydrogens (primary N) is 1. The molecule has 1 saturated heterocycles. The number of nitrogens with zero attached hydrogens (tertiary/aromatic N) is 7. The van der Waals surface area contributed by atoms with Crippen molar-refractivity contribution in [2.24, 2.45) is 0 Å². The third kappa shape index (κ3) is 4.46. The minimum Gasteiger partial charge on any atom is -0.494 e. The number of rotatable bonds is 7. The Kier molecular flexibility index (Phi) is 5.57. The number of carbonyl (C=O) groups is 1. The minimum absolute atomic E-state index is 0.0768. The number of benzene rings is 1. The highest BCUT2D eigenvalue weighted by Gasteiger charge is 2.18. The quantitative estimate of drug-likeness (QED) is 0.414. The van der Waals surface area contributed by atoms with E-state index < -0.39 is 0 Å². The molecule has 5 rings (SSSR count). The van der Waals surface area contributed by atoms with E-state index in [2.05, 4.69) is 30.7 Å². The fourth-order valence-electron chi connectivity index (χ4n) is 3.80. The van der Waals surface area contributed by atoms with Gasteiger partial charge in [0.15, 0.2) is 0 Å². The van der Waals surface area contributed by atoms with E-state index in [0.717, 1.165) is 17.5 Å². The van der Waals surface area contributed by atoms with Gasteiger partial charge in [-0.25, -0.2) is 14.6 Å². The van der Waals surface area contributed by atoms with Gasteiger partial charge in [0, 0.05) is 18.2 Å². The molecule has 1 atom stereocenters. The summed E-state index contributed by atoms with van der Waals surface area (Å²) in [6.45, 7) is 1.78. The first-order chi connectivity index (χ1) is 16.1. The Morgan fingerprint density at radius 1 is 1.30 bits per heavy atom.